The molecule has 1 aliphatic rings. The number of hydrogen-bond donors (Lipinski definition) is 3. The summed E-state index contributed by atoms with van der Waals surface area (Å²) in [6.45, 7) is 12.5. The standard InChI is InChI=1S/C31H27NS.C19H16.C2H6.CH6N2/c1-4-5-6-10-22(3)27-19-23(14-16-29(27)32-25-11-7-9-21(2)18-25)24-15-17-31-28(20-24)26-12-8-13-30(26)33-31;1-3-7-16(8-4-1)15-17-11-13-19(14-12-17)18-9-5-2-6-10-18;1-2;1-3-2/h4-11,13-20,32H,3,12H2,1-2H3;1-14H,15H2;1-2H3;3H,2H2,1H3/b5-4-,10-6-;;;. The summed E-state index contributed by atoms with van der Waals surface area (Å²) in [7, 11) is 1.65. The van der Waals surface area contributed by atoms with Crippen molar-refractivity contribution in [3.8, 4) is 22.3 Å². The molecule has 0 bridgehead atoms. The molecule has 4 heteroatoms. The molecule has 0 fully saturated rings. The lowest BCUT2D eigenvalue weighted by Gasteiger charge is -2.15. The summed E-state index contributed by atoms with van der Waals surface area (Å²) in [6.07, 6.45) is 14.7. The fraction of sp³-hybridized carbons (Fsp3) is 0.132. The third-order valence-electron chi connectivity index (χ3n) is 9.32. The number of benzene rings is 6. The van der Waals surface area contributed by atoms with Gasteiger partial charge in [0.25, 0.3) is 0 Å². The number of hydrogen-bond acceptors (Lipinski definition) is 4. The van der Waals surface area contributed by atoms with Crippen LogP contribution < -0.4 is 16.6 Å². The van der Waals surface area contributed by atoms with Crippen LogP contribution in [0.1, 0.15) is 53.5 Å². The zero-order valence-corrected chi connectivity index (χ0v) is 34.7. The van der Waals surface area contributed by atoms with Gasteiger partial charge < -0.3 is 5.32 Å². The summed E-state index contributed by atoms with van der Waals surface area (Å²) in [5, 5.41) is 4.99. The van der Waals surface area contributed by atoms with E-state index in [1.54, 1.807) is 7.05 Å². The zero-order valence-electron chi connectivity index (χ0n) is 33.9. The van der Waals surface area contributed by atoms with Crippen LogP contribution in [0.25, 0.3) is 44.0 Å². The molecule has 4 N–H and O–H groups in total. The Morgan fingerprint density at radius 3 is 2.05 bits per heavy atom. The Balaban J connectivity index is 0.000000219. The summed E-state index contributed by atoms with van der Waals surface area (Å²) >= 11 is 1.89. The van der Waals surface area contributed by atoms with E-state index in [4.69, 9.17) is 0 Å². The maximum atomic E-state index is 4.60. The van der Waals surface area contributed by atoms with Crippen LogP contribution in [0.5, 0.6) is 0 Å². The highest BCUT2D eigenvalue weighted by molar-refractivity contribution is 7.20. The fourth-order valence-corrected chi connectivity index (χ4v) is 7.75. The Kier molecular flexibility index (Phi) is 16.2. The van der Waals surface area contributed by atoms with Crippen molar-refractivity contribution in [3.05, 3.63) is 215 Å². The molecule has 1 heterocycles. The van der Waals surface area contributed by atoms with E-state index >= 15 is 0 Å². The molecule has 0 atom stereocenters. The molecule has 0 saturated heterocycles. The first kappa shape index (κ1) is 42.1. The number of allylic oxidation sites excluding steroid dienone is 6. The molecule has 0 spiro atoms. The van der Waals surface area contributed by atoms with Gasteiger partial charge in [-0.3, -0.25) is 11.3 Å². The van der Waals surface area contributed by atoms with Crippen molar-refractivity contribution in [1.82, 2.24) is 5.43 Å². The van der Waals surface area contributed by atoms with E-state index < -0.39 is 0 Å². The third-order valence-corrected chi connectivity index (χ3v) is 10.5. The molecule has 0 aliphatic heterocycles. The van der Waals surface area contributed by atoms with Crippen molar-refractivity contribution in [2.45, 2.75) is 40.5 Å². The summed E-state index contributed by atoms with van der Waals surface area (Å²) < 4.78 is 1.37. The van der Waals surface area contributed by atoms with Crippen molar-refractivity contribution >= 4 is 44.4 Å². The van der Waals surface area contributed by atoms with Crippen molar-refractivity contribution in [1.29, 1.82) is 0 Å². The van der Waals surface area contributed by atoms with E-state index in [9.17, 15) is 0 Å². The molecule has 0 saturated carbocycles. The molecule has 0 radical (unpaired) electrons. The van der Waals surface area contributed by atoms with Crippen LogP contribution in [0.2, 0.25) is 0 Å². The second-order valence-electron chi connectivity index (χ2n) is 13.4. The first-order valence-corrected chi connectivity index (χ1v) is 20.5. The van der Waals surface area contributed by atoms with E-state index in [-0.39, 0.29) is 0 Å². The smallest absolute Gasteiger partial charge is 0.0464 e. The topological polar surface area (TPSA) is 50.1 Å². The number of rotatable bonds is 9. The summed E-state index contributed by atoms with van der Waals surface area (Å²) in [5.74, 6) is 4.60. The predicted octanol–water partition coefficient (Wildman–Crippen LogP) is 14.4. The lowest BCUT2D eigenvalue weighted by Crippen LogP contribution is -2.13. The first-order valence-electron chi connectivity index (χ1n) is 19.7. The highest BCUT2D eigenvalue weighted by Crippen LogP contribution is 2.39. The van der Waals surface area contributed by atoms with Gasteiger partial charge in [0.15, 0.2) is 0 Å². The molecular weight excluding hydrogens is 711 g/mol. The van der Waals surface area contributed by atoms with E-state index in [2.05, 4.69) is 188 Å². The molecule has 0 amide bonds. The minimum absolute atomic E-state index is 0.979. The molecular formula is C53H55N3S. The summed E-state index contributed by atoms with van der Waals surface area (Å²) in [6, 6.07) is 51.9. The molecule has 7 aromatic rings. The fourth-order valence-electron chi connectivity index (χ4n) is 6.60. The Morgan fingerprint density at radius 1 is 0.719 bits per heavy atom. The SMILES string of the molecule is C=C(/C=C\C=C/C)c1cc(-c2ccc3sc4c(c3c2)CC=C4)ccc1Nc1cccc(C)c1.CC.CNN.c1ccc(Cc2ccc(-c3ccccc3)cc2)cc1. The van der Waals surface area contributed by atoms with Crippen LogP contribution in [-0.4, -0.2) is 7.05 Å². The maximum absolute atomic E-state index is 4.60. The number of aryl methyl sites for hydroxylation is 1. The Bertz CT molecular complexity index is 2420. The number of anilines is 2. The van der Waals surface area contributed by atoms with Gasteiger partial charge in [-0.05, 0) is 132 Å². The summed E-state index contributed by atoms with van der Waals surface area (Å²) in [5.41, 5.74) is 16.9. The number of nitrogens with one attached hydrogen (secondary N) is 2. The number of nitrogens with two attached hydrogens (primary N) is 1. The van der Waals surface area contributed by atoms with Gasteiger partial charge in [-0.15, -0.1) is 11.3 Å². The lowest BCUT2D eigenvalue weighted by atomic mass is 9.96. The van der Waals surface area contributed by atoms with Crippen molar-refractivity contribution in [2.75, 3.05) is 12.4 Å². The van der Waals surface area contributed by atoms with Gasteiger partial charge in [-0.2, -0.15) is 0 Å². The quantitative estimate of drug-likeness (QED) is 0.0779. The Hall–Kier alpha value is -6.04. The molecule has 3 nitrogen and oxygen atoms in total. The first-order chi connectivity index (χ1) is 27.9. The van der Waals surface area contributed by atoms with Gasteiger partial charge in [0.05, 0.1) is 0 Å². The molecule has 0 unspecified atom stereocenters. The number of fused-ring (bicyclic) bond motifs is 3. The van der Waals surface area contributed by atoms with Gasteiger partial charge in [-0.1, -0.05) is 160 Å². The van der Waals surface area contributed by atoms with Gasteiger partial charge in [-0.25, -0.2) is 0 Å². The minimum Gasteiger partial charge on any atom is -0.355 e. The van der Waals surface area contributed by atoms with Crippen LogP contribution in [-0.2, 0) is 12.8 Å². The van der Waals surface area contributed by atoms with E-state index in [0.717, 1.165) is 35.4 Å². The van der Waals surface area contributed by atoms with Crippen LogP contribution in [0.15, 0.2) is 183 Å². The van der Waals surface area contributed by atoms with Crippen LogP contribution in [0.4, 0.5) is 11.4 Å². The van der Waals surface area contributed by atoms with Crippen LogP contribution in [0.3, 0.4) is 0 Å². The van der Waals surface area contributed by atoms with Gasteiger partial charge in [0, 0.05) is 26.5 Å². The molecule has 288 valence electrons. The normalized spacial score (nSPS) is 11.3. The second kappa shape index (κ2) is 21.9. The largest absolute Gasteiger partial charge is 0.355 e. The van der Waals surface area contributed by atoms with Crippen LogP contribution >= 0.6 is 11.3 Å². The van der Waals surface area contributed by atoms with Crippen molar-refractivity contribution < 1.29 is 0 Å². The van der Waals surface area contributed by atoms with E-state index in [1.165, 1.54) is 59.5 Å². The van der Waals surface area contributed by atoms with Gasteiger partial charge >= 0.3 is 0 Å². The maximum Gasteiger partial charge on any atom is 0.0464 e. The molecule has 57 heavy (non-hydrogen) atoms. The molecule has 1 aromatic heterocycles. The highest BCUT2D eigenvalue weighted by Gasteiger charge is 2.15. The average Bonchev–Trinajstić information content (AvgIpc) is 3.85. The van der Waals surface area contributed by atoms with Crippen LogP contribution in [0, 0.1) is 6.92 Å². The lowest BCUT2D eigenvalue weighted by molar-refractivity contribution is 0.900. The number of thiophene rings is 1. The van der Waals surface area contributed by atoms with Gasteiger partial charge in [0.2, 0.25) is 0 Å². The summed E-state index contributed by atoms with van der Waals surface area (Å²) in [4.78, 5) is 1.41. The Labute approximate surface area is 344 Å². The van der Waals surface area contributed by atoms with Gasteiger partial charge in [0.1, 0.15) is 0 Å². The second-order valence-corrected chi connectivity index (χ2v) is 14.5. The highest BCUT2D eigenvalue weighted by atomic mass is 32.1. The Morgan fingerprint density at radius 2 is 1.35 bits per heavy atom. The molecule has 8 rings (SSSR count). The predicted molar refractivity (Wildman–Crippen MR) is 253 cm³/mol. The minimum atomic E-state index is 0.979. The van der Waals surface area contributed by atoms with Crippen molar-refractivity contribution in [2.24, 2.45) is 5.84 Å². The third kappa shape index (κ3) is 11.7. The molecule has 1 aliphatic carbocycles. The van der Waals surface area contributed by atoms with E-state index in [1.807, 2.05) is 56.4 Å². The van der Waals surface area contributed by atoms with Crippen molar-refractivity contribution in [3.63, 3.8) is 0 Å². The molecule has 6 aromatic carbocycles. The average molecular weight is 766 g/mol. The monoisotopic (exact) mass is 765 g/mol. The zero-order chi connectivity index (χ0) is 40.4. The number of hydrazine groups is 1. The van der Waals surface area contributed by atoms with E-state index in [0.29, 0.717) is 0 Å².